The summed E-state index contributed by atoms with van der Waals surface area (Å²) in [6.45, 7) is 5.27. The number of hydrogen-bond acceptors (Lipinski definition) is 7. The highest BCUT2D eigenvalue weighted by atomic mass is 32.2. The number of carbonyl (C=O) groups excluding carboxylic acids is 1. The molecule has 0 saturated heterocycles. The molecule has 0 N–H and O–H groups in total. The van der Waals surface area contributed by atoms with Crippen molar-refractivity contribution in [2.75, 3.05) is 6.61 Å². The molecular formula is C21H21F4N3O5S. The topological polar surface area (TPSA) is 100 Å². The Bertz CT molecular complexity index is 1300. The molecule has 3 rings (SSSR count). The third-order valence-corrected chi connectivity index (χ3v) is 6.02. The lowest BCUT2D eigenvalue weighted by molar-refractivity contribution is -0.0501. The third-order valence-electron chi connectivity index (χ3n) is 5.06. The van der Waals surface area contributed by atoms with Crippen LogP contribution in [-0.4, -0.2) is 41.3 Å². The van der Waals surface area contributed by atoms with Gasteiger partial charge in [0.2, 0.25) is 5.88 Å². The summed E-state index contributed by atoms with van der Waals surface area (Å²) in [6, 6.07) is 5.77. The first kappa shape index (κ1) is 25.4. The molecule has 2 aromatic heterocycles. The molecule has 0 unspecified atom stereocenters. The van der Waals surface area contributed by atoms with Gasteiger partial charge in [-0.25, -0.2) is 13.9 Å². The standard InChI is InChI=1S/C21H21F4N3O5S/c1-4-12(5-2)18-17-15(20(29)32-6-3)11-16(33-34(30,31)21(23,24)25)26-19(17)28(27-18)14-9-7-13(22)8-10-14/h7-12H,4-6H2,1-3H3. The van der Waals surface area contributed by atoms with E-state index in [4.69, 9.17) is 4.74 Å². The van der Waals surface area contributed by atoms with Crippen molar-refractivity contribution in [1.82, 2.24) is 14.8 Å². The van der Waals surface area contributed by atoms with E-state index in [1.54, 1.807) is 0 Å². The van der Waals surface area contributed by atoms with Gasteiger partial charge in [-0.05, 0) is 44.0 Å². The normalized spacial score (nSPS) is 12.4. The Morgan fingerprint density at radius 2 is 1.74 bits per heavy atom. The zero-order valence-corrected chi connectivity index (χ0v) is 19.2. The number of rotatable bonds is 8. The van der Waals surface area contributed by atoms with Crippen LogP contribution in [-0.2, 0) is 14.9 Å². The van der Waals surface area contributed by atoms with Gasteiger partial charge in [-0.15, -0.1) is 0 Å². The van der Waals surface area contributed by atoms with Crippen molar-refractivity contribution < 1.29 is 39.7 Å². The van der Waals surface area contributed by atoms with Crippen molar-refractivity contribution in [2.45, 2.75) is 45.0 Å². The van der Waals surface area contributed by atoms with E-state index >= 15 is 0 Å². The van der Waals surface area contributed by atoms with Gasteiger partial charge in [-0.2, -0.15) is 31.7 Å². The van der Waals surface area contributed by atoms with Crippen LogP contribution < -0.4 is 4.18 Å². The fraction of sp³-hybridized carbons (Fsp3) is 0.381. The van der Waals surface area contributed by atoms with Crippen LogP contribution in [0.4, 0.5) is 17.6 Å². The summed E-state index contributed by atoms with van der Waals surface area (Å²) in [5, 5.41) is 4.69. The maximum atomic E-state index is 13.5. The average molecular weight is 503 g/mol. The van der Waals surface area contributed by atoms with E-state index in [9.17, 15) is 30.8 Å². The lowest BCUT2D eigenvalue weighted by Crippen LogP contribution is -2.28. The van der Waals surface area contributed by atoms with Crippen molar-refractivity contribution in [3.8, 4) is 11.6 Å². The Morgan fingerprint density at radius 3 is 2.26 bits per heavy atom. The van der Waals surface area contributed by atoms with Crippen LogP contribution in [0.2, 0.25) is 0 Å². The highest BCUT2D eigenvalue weighted by molar-refractivity contribution is 7.87. The fourth-order valence-corrected chi connectivity index (χ4v) is 3.82. The van der Waals surface area contributed by atoms with E-state index in [0.717, 1.165) is 18.2 Å². The van der Waals surface area contributed by atoms with E-state index in [0.29, 0.717) is 18.5 Å². The molecule has 0 radical (unpaired) electrons. The van der Waals surface area contributed by atoms with Crippen molar-refractivity contribution >= 4 is 27.1 Å². The molecule has 184 valence electrons. The second-order valence-corrected chi connectivity index (χ2v) is 8.74. The number of aromatic nitrogens is 3. The van der Waals surface area contributed by atoms with Gasteiger partial charge in [0.15, 0.2) is 5.65 Å². The molecule has 0 spiro atoms. The predicted octanol–water partition coefficient (Wildman–Crippen LogP) is 4.87. The van der Waals surface area contributed by atoms with Gasteiger partial charge in [-0.3, -0.25) is 0 Å². The third kappa shape index (κ3) is 4.83. The maximum absolute atomic E-state index is 13.5. The van der Waals surface area contributed by atoms with Gasteiger partial charge < -0.3 is 8.92 Å². The Balaban J connectivity index is 2.39. The predicted molar refractivity (Wildman–Crippen MR) is 114 cm³/mol. The molecule has 0 saturated carbocycles. The zero-order chi connectivity index (χ0) is 25.3. The maximum Gasteiger partial charge on any atom is 0.534 e. The summed E-state index contributed by atoms with van der Waals surface area (Å²) in [5.41, 5.74) is -5.43. The summed E-state index contributed by atoms with van der Waals surface area (Å²) in [5.74, 6) is -2.63. The molecule has 0 aliphatic rings. The molecule has 0 aliphatic carbocycles. The molecule has 8 nitrogen and oxygen atoms in total. The molecule has 0 aliphatic heterocycles. The molecular weight excluding hydrogens is 482 g/mol. The highest BCUT2D eigenvalue weighted by Crippen LogP contribution is 2.36. The van der Waals surface area contributed by atoms with Crippen LogP contribution in [0.1, 0.15) is 55.6 Å². The Kier molecular flexibility index (Phi) is 7.15. The van der Waals surface area contributed by atoms with E-state index in [1.165, 1.54) is 23.7 Å². The van der Waals surface area contributed by atoms with Crippen LogP contribution in [0.15, 0.2) is 30.3 Å². The SMILES string of the molecule is CCOC(=O)c1cc(OS(=O)(=O)C(F)(F)F)nc2c1c(C(CC)CC)nn2-c1ccc(F)cc1. The first-order chi connectivity index (χ1) is 15.9. The quantitative estimate of drug-likeness (QED) is 0.187. The van der Waals surface area contributed by atoms with Gasteiger partial charge in [0.1, 0.15) is 5.82 Å². The molecule has 0 fully saturated rings. The van der Waals surface area contributed by atoms with Crippen LogP contribution in [0.25, 0.3) is 16.7 Å². The minimum atomic E-state index is -6.07. The monoisotopic (exact) mass is 503 g/mol. The van der Waals surface area contributed by atoms with Crippen molar-refractivity contribution in [3.05, 3.63) is 47.4 Å². The number of nitrogens with zero attached hydrogens (tertiary/aromatic N) is 3. The van der Waals surface area contributed by atoms with Crippen molar-refractivity contribution in [1.29, 1.82) is 0 Å². The molecule has 3 aromatic rings. The largest absolute Gasteiger partial charge is 0.534 e. The van der Waals surface area contributed by atoms with Crippen molar-refractivity contribution in [3.63, 3.8) is 0 Å². The van der Waals surface area contributed by atoms with Crippen LogP contribution in [0, 0.1) is 5.82 Å². The molecule has 0 amide bonds. The number of hydrogen-bond donors (Lipinski definition) is 0. The molecule has 0 atom stereocenters. The number of fused-ring (bicyclic) bond motifs is 1. The number of carbonyl (C=O) groups is 1. The van der Waals surface area contributed by atoms with Gasteiger partial charge in [0.25, 0.3) is 0 Å². The lowest BCUT2D eigenvalue weighted by atomic mass is 9.95. The van der Waals surface area contributed by atoms with Crippen LogP contribution in [0.5, 0.6) is 5.88 Å². The van der Waals surface area contributed by atoms with Gasteiger partial charge in [0, 0.05) is 12.0 Å². The first-order valence-corrected chi connectivity index (χ1v) is 11.7. The number of esters is 1. The fourth-order valence-electron chi connectivity index (χ4n) is 3.42. The Hall–Kier alpha value is -3.22. The minimum Gasteiger partial charge on any atom is -0.462 e. The van der Waals surface area contributed by atoms with E-state index < -0.39 is 33.3 Å². The van der Waals surface area contributed by atoms with E-state index in [1.807, 2.05) is 13.8 Å². The number of ether oxygens (including phenoxy) is 1. The summed E-state index contributed by atoms with van der Waals surface area (Å²) in [4.78, 5) is 16.7. The van der Waals surface area contributed by atoms with Crippen LogP contribution >= 0.6 is 0 Å². The molecule has 0 bridgehead atoms. The van der Waals surface area contributed by atoms with E-state index in [-0.39, 0.29) is 34.8 Å². The van der Waals surface area contributed by atoms with Crippen LogP contribution in [0.3, 0.4) is 0 Å². The van der Waals surface area contributed by atoms with Gasteiger partial charge in [0.05, 0.1) is 28.9 Å². The molecule has 1 aromatic carbocycles. The van der Waals surface area contributed by atoms with Gasteiger partial charge in [-0.1, -0.05) is 13.8 Å². The smallest absolute Gasteiger partial charge is 0.462 e. The number of halogens is 4. The van der Waals surface area contributed by atoms with Gasteiger partial charge >= 0.3 is 21.6 Å². The zero-order valence-electron chi connectivity index (χ0n) is 18.4. The number of alkyl halides is 3. The summed E-state index contributed by atoms with van der Waals surface area (Å²) >= 11 is 0. The molecule has 13 heteroatoms. The second-order valence-electron chi connectivity index (χ2n) is 7.20. The second kappa shape index (κ2) is 9.57. The first-order valence-electron chi connectivity index (χ1n) is 10.3. The minimum absolute atomic E-state index is 0.0495. The summed E-state index contributed by atoms with van der Waals surface area (Å²) in [6.07, 6.45) is 1.21. The summed E-state index contributed by atoms with van der Waals surface area (Å²) < 4.78 is 85.8. The molecule has 34 heavy (non-hydrogen) atoms. The van der Waals surface area contributed by atoms with E-state index in [2.05, 4.69) is 14.3 Å². The molecule has 2 heterocycles. The number of benzene rings is 1. The Labute approximate surface area is 192 Å². The Morgan fingerprint density at radius 1 is 1.12 bits per heavy atom. The number of pyridine rings is 1. The highest BCUT2D eigenvalue weighted by Gasteiger charge is 2.49. The average Bonchev–Trinajstić information content (AvgIpc) is 3.13. The summed E-state index contributed by atoms with van der Waals surface area (Å²) in [7, 11) is -6.07. The van der Waals surface area contributed by atoms with Crippen molar-refractivity contribution in [2.24, 2.45) is 0 Å². The lowest BCUT2D eigenvalue weighted by Gasteiger charge is -2.13.